The number of nitrogens with two attached hydrogens (primary N) is 1. The van der Waals surface area contributed by atoms with Gasteiger partial charge in [0.05, 0.1) is 6.04 Å². The van der Waals surface area contributed by atoms with Gasteiger partial charge in [0.15, 0.2) is 0 Å². The Kier molecular flexibility index (Phi) is 5.83. The number of hydrogen-bond donors (Lipinski definition) is 1. The minimum atomic E-state index is -4.70. The summed E-state index contributed by atoms with van der Waals surface area (Å²) in [4.78, 5) is 2.04. The van der Waals surface area contributed by atoms with E-state index >= 15 is 0 Å². The van der Waals surface area contributed by atoms with Crippen LogP contribution in [0.2, 0.25) is 0 Å². The third-order valence-electron chi connectivity index (χ3n) is 3.16. The Bertz CT molecular complexity index is 421. The van der Waals surface area contributed by atoms with Crippen LogP contribution in [-0.2, 0) is 0 Å². The molecule has 0 radical (unpaired) electrons. The zero-order valence-corrected chi connectivity index (χ0v) is 11.9. The van der Waals surface area contributed by atoms with E-state index in [-0.39, 0.29) is 24.4 Å². The summed E-state index contributed by atoms with van der Waals surface area (Å²) in [5.41, 5.74) is 6.23. The van der Waals surface area contributed by atoms with Gasteiger partial charge in [-0.15, -0.1) is 13.2 Å². The van der Waals surface area contributed by atoms with Crippen LogP contribution in [0.25, 0.3) is 0 Å². The predicted octanol–water partition coefficient (Wildman–Crippen LogP) is 3.32. The molecule has 1 unspecified atom stereocenters. The fourth-order valence-electron chi connectivity index (χ4n) is 2.36. The molecule has 0 amide bonds. The summed E-state index contributed by atoms with van der Waals surface area (Å²) >= 11 is 0. The van der Waals surface area contributed by atoms with Gasteiger partial charge >= 0.3 is 6.36 Å². The third kappa shape index (κ3) is 4.38. The number of halogens is 3. The molecule has 6 heteroatoms. The molecule has 20 heavy (non-hydrogen) atoms. The fraction of sp³-hybridized carbons (Fsp3) is 0.571. The van der Waals surface area contributed by atoms with Crippen molar-refractivity contribution in [1.82, 2.24) is 4.90 Å². The van der Waals surface area contributed by atoms with Crippen molar-refractivity contribution < 1.29 is 17.9 Å². The molecule has 3 nitrogen and oxygen atoms in total. The molecule has 2 N–H and O–H groups in total. The average Bonchev–Trinajstić information content (AvgIpc) is 2.34. The van der Waals surface area contributed by atoms with Gasteiger partial charge in [0.1, 0.15) is 5.75 Å². The first kappa shape index (κ1) is 16.8. The Morgan fingerprint density at radius 3 is 2.30 bits per heavy atom. The highest BCUT2D eigenvalue weighted by atomic mass is 19.4. The van der Waals surface area contributed by atoms with Crippen LogP contribution in [0.15, 0.2) is 24.3 Å². The molecule has 0 saturated heterocycles. The molecule has 114 valence electrons. The number of hydrogen-bond acceptors (Lipinski definition) is 3. The topological polar surface area (TPSA) is 38.5 Å². The monoisotopic (exact) mass is 290 g/mol. The second kappa shape index (κ2) is 6.95. The van der Waals surface area contributed by atoms with Crippen LogP contribution in [0.1, 0.15) is 32.4 Å². The first-order valence-electron chi connectivity index (χ1n) is 6.60. The highest BCUT2D eigenvalue weighted by Gasteiger charge is 2.33. The summed E-state index contributed by atoms with van der Waals surface area (Å²) in [5, 5.41) is 0. The summed E-state index contributed by atoms with van der Waals surface area (Å²) in [6.07, 6.45) is -4.70. The molecule has 1 rings (SSSR count). The third-order valence-corrected chi connectivity index (χ3v) is 3.16. The van der Waals surface area contributed by atoms with Crippen molar-refractivity contribution in [2.24, 2.45) is 5.73 Å². The zero-order chi connectivity index (χ0) is 15.3. The van der Waals surface area contributed by atoms with E-state index in [2.05, 4.69) is 4.74 Å². The van der Waals surface area contributed by atoms with Crippen LogP contribution in [0.4, 0.5) is 13.2 Å². The Hall–Kier alpha value is -1.27. The lowest BCUT2D eigenvalue weighted by atomic mass is 10.0. The van der Waals surface area contributed by atoms with Gasteiger partial charge in [-0.2, -0.15) is 0 Å². The molecule has 0 spiro atoms. The number of ether oxygens (including phenoxy) is 1. The van der Waals surface area contributed by atoms with Crippen LogP contribution in [0.5, 0.6) is 5.75 Å². The summed E-state index contributed by atoms with van der Waals surface area (Å²) in [7, 11) is 0. The lowest BCUT2D eigenvalue weighted by Crippen LogP contribution is -2.38. The molecule has 0 saturated carbocycles. The number of alkyl halides is 3. The Morgan fingerprint density at radius 2 is 1.85 bits per heavy atom. The Balaban J connectivity index is 3.15. The highest BCUT2D eigenvalue weighted by Crippen LogP contribution is 2.33. The van der Waals surface area contributed by atoms with Gasteiger partial charge in [0.25, 0.3) is 0 Å². The Labute approximate surface area is 117 Å². The Morgan fingerprint density at radius 1 is 1.25 bits per heavy atom. The van der Waals surface area contributed by atoms with E-state index in [9.17, 15) is 13.2 Å². The van der Waals surface area contributed by atoms with E-state index in [0.717, 1.165) is 0 Å². The quantitative estimate of drug-likeness (QED) is 0.873. The number of likely N-dealkylation sites (N-methyl/N-ethyl adjacent to an activating group) is 1. The van der Waals surface area contributed by atoms with E-state index in [1.807, 2.05) is 25.7 Å². The molecule has 0 fully saturated rings. The lowest BCUT2D eigenvalue weighted by molar-refractivity contribution is -0.275. The lowest BCUT2D eigenvalue weighted by Gasteiger charge is -2.34. The predicted molar refractivity (Wildman–Crippen MR) is 72.4 cm³/mol. The largest absolute Gasteiger partial charge is 0.573 e. The van der Waals surface area contributed by atoms with E-state index < -0.39 is 6.36 Å². The maximum absolute atomic E-state index is 12.5. The van der Waals surface area contributed by atoms with Crippen molar-refractivity contribution in [3.8, 4) is 5.75 Å². The second-order valence-electron chi connectivity index (χ2n) is 4.76. The number of nitrogens with zero attached hydrogens (tertiary/aromatic N) is 1. The summed E-state index contributed by atoms with van der Waals surface area (Å²) in [6.45, 7) is 6.85. The fourth-order valence-corrected chi connectivity index (χ4v) is 2.36. The second-order valence-corrected chi connectivity index (χ2v) is 4.76. The SMILES string of the molecule is CCN(C(C)C)C(CN)c1ccccc1OC(F)(F)F. The van der Waals surface area contributed by atoms with Crippen molar-refractivity contribution >= 4 is 0 Å². The molecule has 1 aromatic carbocycles. The number of benzene rings is 1. The first-order valence-corrected chi connectivity index (χ1v) is 6.60. The maximum Gasteiger partial charge on any atom is 0.573 e. The molecular weight excluding hydrogens is 269 g/mol. The molecule has 1 atom stereocenters. The van der Waals surface area contributed by atoms with Crippen molar-refractivity contribution in [2.45, 2.75) is 39.2 Å². The zero-order valence-electron chi connectivity index (χ0n) is 11.9. The van der Waals surface area contributed by atoms with E-state index in [4.69, 9.17) is 5.73 Å². The van der Waals surface area contributed by atoms with Crippen molar-refractivity contribution in [3.63, 3.8) is 0 Å². The van der Waals surface area contributed by atoms with Crippen molar-refractivity contribution in [2.75, 3.05) is 13.1 Å². The summed E-state index contributed by atoms with van der Waals surface area (Å²) in [6, 6.07) is 6.02. The molecule has 0 aliphatic heterocycles. The van der Waals surface area contributed by atoms with Crippen LogP contribution in [0.3, 0.4) is 0 Å². The van der Waals surface area contributed by atoms with Gasteiger partial charge < -0.3 is 10.5 Å². The van der Waals surface area contributed by atoms with Gasteiger partial charge in [-0.3, -0.25) is 4.90 Å². The van der Waals surface area contributed by atoms with Crippen LogP contribution in [0, 0.1) is 0 Å². The van der Waals surface area contributed by atoms with Crippen molar-refractivity contribution in [1.29, 1.82) is 0 Å². The molecule has 0 aromatic heterocycles. The van der Waals surface area contributed by atoms with E-state index in [1.165, 1.54) is 12.1 Å². The van der Waals surface area contributed by atoms with E-state index in [0.29, 0.717) is 12.1 Å². The first-order chi connectivity index (χ1) is 9.30. The van der Waals surface area contributed by atoms with Gasteiger partial charge in [-0.05, 0) is 26.5 Å². The number of para-hydroxylation sites is 1. The molecular formula is C14H21F3N2O. The van der Waals surface area contributed by atoms with Gasteiger partial charge in [0, 0.05) is 18.2 Å². The summed E-state index contributed by atoms with van der Waals surface area (Å²) < 4.78 is 41.5. The minimum absolute atomic E-state index is 0.174. The van der Waals surface area contributed by atoms with Gasteiger partial charge in [-0.25, -0.2) is 0 Å². The normalized spacial score (nSPS) is 13.8. The minimum Gasteiger partial charge on any atom is -0.405 e. The molecule has 0 aliphatic rings. The number of rotatable bonds is 6. The van der Waals surface area contributed by atoms with Crippen LogP contribution in [-0.4, -0.2) is 30.4 Å². The average molecular weight is 290 g/mol. The molecule has 1 aromatic rings. The smallest absolute Gasteiger partial charge is 0.405 e. The maximum atomic E-state index is 12.5. The summed E-state index contributed by atoms with van der Waals surface area (Å²) in [5.74, 6) is -0.186. The highest BCUT2D eigenvalue weighted by molar-refractivity contribution is 5.36. The van der Waals surface area contributed by atoms with Gasteiger partial charge in [0.2, 0.25) is 0 Å². The molecule has 0 heterocycles. The molecule has 0 bridgehead atoms. The van der Waals surface area contributed by atoms with Gasteiger partial charge in [-0.1, -0.05) is 25.1 Å². The van der Waals surface area contributed by atoms with Crippen molar-refractivity contribution in [3.05, 3.63) is 29.8 Å². The molecule has 0 aliphatic carbocycles. The van der Waals surface area contributed by atoms with Crippen LogP contribution >= 0.6 is 0 Å². The standard InChI is InChI=1S/C14H21F3N2O/c1-4-19(10(2)3)12(9-18)11-7-5-6-8-13(11)20-14(15,16)17/h5-8,10,12H,4,9,18H2,1-3H3. The van der Waals surface area contributed by atoms with Crippen LogP contribution < -0.4 is 10.5 Å². The van der Waals surface area contributed by atoms with E-state index in [1.54, 1.807) is 12.1 Å².